The SMILES string of the molecule is CCC(CSC)NC(=O)NC(C)(C)CCC(=O)O. The first-order valence-electron chi connectivity index (χ1n) is 6.10. The van der Waals surface area contributed by atoms with E-state index < -0.39 is 11.5 Å². The molecule has 0 radical (unpaired) electrons. The van der Waals surface area contributed by atoms with E-state index in [1.54, 1.807) is 11.8 Å². The molecule has 106 valence electrons. The molecule has 0 aromatic rings. The Labute approximate surface area is 113 Å². The Morgan fingerprint density at radius 3 is 2.44 bits per heavy atom. The van der Waals surface area contributed by atoms with Gasteiger partial charge in [0.2, 0.25) is 0 Å². The number of rotatable bonds is 8. The summed E-state index contributed by atoms with van der Waals surface area (Å²) in [5.74, 6) is 0.0264. The fraction of sp³-hybridized carbons (Fsp3) is 0.833. The average molecular weight is 276 g/mol. The zero-order valence-electron chi connectivity index (χ0n) is 11.6. The molecular weight excluding hydrogens is 252 g/mol. The van der Waals surface area contributed by atoms with Crippen molar-refractivity contribution in [2.45, 2.75) is 51.6 Å². The lowest BCUT2D eigenvalue weighted by Gasteiger charge is -2.27. The van der Waals surface area contributed by atoms with Crippen LogP contribution in [-0.2, 0) is 4.79 Å². The quantitative estimate of drug-likeness (QED) is 0.634. The van der Waals surface area contributed by atoms with Crippen LogP contribution in [0.1, 0.15) is 40.0 Å². The van der Waals surface area contributed by atoms with Crippen molar-refractivity contribution in [3.05, 3.63) is 0 Å². The maximum Gasteiger partial charge on any atom is 0.315 e. The molecule has 0 aliphatic carbocycles. The van der Waals surface area contributed by atoms with Crippen LogP contribution in [0.3, 0.4) is 0 Å². The van der Waals surface area contributed by atoms with Crippen LogP contribution in [0, 0.1) is 0 Å². The van der Waals surface area contributed by atoms with Crippen LogP contribution in [-0.4, -0.2) is 40.7 Å². The minimum Gasteiger partial charge on any atom is -0.481 e. The van der Waals surface area contributed by atoms with Crippen LogP contribution in [0.25, 0.3) is 0 Å². The summed E-state index contributed by atoms with van der Waals surface area (Å²) >= 11 is 1.69. The minimum absolute atomic E-state index is 0.0509. The van der Waals surface area contributed by atoms with Gasteiger partial charge in [0.15, 0.2) is 0 Å². The number of hydrogen-bond acceptors (Lipinski definition) is 3. The fourth-order valence-electron chi connectivity index (χ4n) is 1.47. The van der Waals surface area contributed by atoms with Gasteiger partial charge in [0.25, 0.3) is 0 Å². The van der Waals surface area contributed by atoms with Gasteiger partial charge in [-0.2, -0.15) is 11.8 Å². The molecule has 1 unspecified atom stereocenters. The molecule has 0 bridgehead atoms. The van der Waals surface area contributed by atoms with Crippen molar-refractivity contribution in [1.29, 1.82) is 0 Å². The van der Waals surface area contributed by atoms with Crippen LogP contribution in [0.4, 0.5) is 4.79 Å². The van der Waals surface area contributed by atoms with E-state index in [1.165, 1.54) is 0 Å². The highest BCUT2D eigenvalue weighted by Gasteiger charge is 2.22. The zero-order chi connectivity index (χ0) is 14.2. The first-order chi connectivity index (χ1) is 8.30. The topological polar surface area (TPSA) is 78.4 Å². The highest BCUT2D eigenvalue weighted by atomic mass is 32.2. The molecule has 3 N–H and O–H groups in total. The Hall–Kier alpha value is -0.910. The van der Waals surface area contributed by atoms with E-state index in [-0.39, 0.29) is 18.5 Å². The third-order valence-corrected chi connectivity index (χ3v) is 3.35. The molecule has 18 heavy (non-hydrogen) atoms. The molecule has 2 amide bonds. The highest BCUT2D eigenvalue weighted by molar-refractivity contribution is 7.98. The summed E-state index contributed by atoms with van der Waals surface area (Å²) in [5, 5.41) is 14.3. The first-order valence-corrected chi connectivity index (χ1v) is 7.49. The number of carbonyl (C=O) groups excluding carboxylic acids is 1. The number of carboxylic acids is 1. The molecule has 0 rings (SSSR count). The van der Waals surface area contributed by atoms with Crippen molar-refractivity contribution in [1.82, 2.24) is 10.6 Å². The largest absolute Gasteiger partial charge is 0.481 e. The smallest absolute Gasteiger partial charge is 0.315 e. The van der Waals surface area contributed by atoms with Crippen LogP contribution < -0.4 is 10.6 Å². The number of nitrogens with one attached hydrogen (secondary N) is 2. The molecule has 5 nitrogen and oxygen atoms in total. The number of aliphatic carboxylic acids is 1. The van der Waals surface area contributed by atoms with Gasteiger partial charge in [0.1, 0.15) is 0 Å². The molecule has 0 aliphatic rings. The van der Waals surface area contributed by atoms with Crippen molar-refractivity contribution < 1.29 is 14.7 Å². The third-order valence-electron chi connectivity index (χ3n) is 2.61. The molecule has 0 saturated carbocycles. The van der Waals surface area contributed by atoms with Crippen LogP contribution in [0.5, 0.6) is 0 Å². The molecule has 0 heterocycles. The Bertz CT molecular complexity index is 282. The van der Waals surface area contributed by atoms with Gasteiger partial charge in [-0.05, 0) is 32.9 Å². The molecule has 0 fully saturated rings. The standard InChI is InChI=1S/C12H24N2O3S/c1-5-9(8-18-4)13-11(17)14-12(2,3)7-6-10(15)16/h9H,5-8H2,1-4H3,(H,15,16)(H2,13,14,17). The molecule has 0 spiro atoms. The fourth-order valence-corrected chi connectivity index (χ4v) is 2.19. The van der Waals surface area contributed by atoms with E-state index in [0.29, 0.717) is 6.42 Å². The maximum absolute atomic E-state index is 11.8. The van der Waals surface area contributed by atoms with Crippen molar-refractivity contribution in [2.75, 3.05) is 12.0 Å². The highest BCUT2D eigenvalue weighted by Crippen LogP contribution is 2.11. The number of carbonyl (C=O) groups is 2. The van der Waals surface area contributed by atoms with E-state index in [2.05, 4.69) is 10.6 Å². The number of urea groups is 1. The Balaban J connectivity index is 4.15. The van der Waals surface area contributed by atoms with Crippen molar-refractivity contribution in [2.24, 2.45) is 0 Å². The number of carboxylic acid groups (broad SMARTS) is 1. The Kier molecular flexibility index (Phi) is 7.82. The van der Waals surface area contributed by atoms with E-state index in [9.17, 15) is 9.59 Å². The van der Waals surface area contributed by atoms with Gasteiger partial charge in [0, 0.05) is 23.8 Å². The second-order valence-electron chi connectivity index (χ2n) is 4.94. The van der Waals surface area contributed by atoms with Gasteiger partial charge >= 0.3 is 12.0 Å². The molecule has 6 heteroatoms. The maximum atomic E-state index is 11.8. The van der Waals surface area contributed by atoms with Gasteiger partial charge in [-0.3, -0.25) is 4.79 Å². The summed E-state index contributed by atoms with van der Waals surface area (Å²) in [7, 11) is 0. The lowest BCUT2D eigenvalue weighted by Crippen LogP contribution is -2.51. The summed E-state index contributed by atoms with van der Waals surface area (Å²) < 4.78 is 0. The molecule has 0 aliphatic heterocycles. The van der Waals surface area contributed by atoms with Gasteiger partial charge < -0.3 is 15.7 Å². The lowest BCUT2D eigenvalue weighted by atomic mass is 9.99. The molecule has 0 aromatic heterocycles. The van der Waals surface area contributed by atoms with E-state index in [0.717, 1.165) is 12.2 Å². The molecular formula is C12H24N2O3S. The predicted octanol–water partition coefficient (Wildman–Crippen LogP) is 2.07. The first kappa shape index (κ1) is 17.1. The van der Waals surface area contributed by atoms with Crippen LogP contribution in [0.15, 0.2) is 0 Å². The summed E-state index contributed by atoms with van der Waals surface area (Å²) in [5.41, 5.74) is -0.514. The van der Waals surface area contributed by atoms with E-state index in [4.69, 9.17) is 5.11 Å². The van der Waals surface area contributed by atoms with Crippen molar-refractivity contribution in [3.8, 4) is 0 Å². The average Bonchev–Trinajstić information content (AvgIpc) is 2.25. The lowest BCUT2D eigenvalue weighted by molar-refractivity contribution is -0.137. The monoisotopic (exact) mass is 276 g/mol. The van der Waals surface area contributed by atoms with Crippen LogP contribution in [0.2, 0.25) is 0 Å². The molecule has 1 atom stereocenters. The predicted molar refractivity (Wildman–Crippen MR) is 75.1 cm³/mol. The van der Waals surface area contributed by atoms with Crippen molar-refractivity contribution in [3.63, 3.8) is 0 Å². The van der Waals surface area contributed by atoms with Gasteiger partial charge in [0.05, 0.1) is 0 Å². The Morgan fingerprint density at radius 2 is 2.00 bits per heavy atom. The zero-order valence-corrected chi connectivity index (χ0v) is 12.4. The molecule has 0 saturated heterocycles. The normalized spacial score (nSPS) is 12.9. The van der Waals surface area contributed by atoms with Gasteiger partial charge in [-0.1, -0.05) is 6.92 Å². The summed E-state index contributed by atoms with van der Waals surface area (Å²) in [6, 6.07) is -0.0819. The number of amides is 2. The number of thioether (sulfide) groups is 1. The summed E-state index contributed by atoms with van der Waals surface area (Å²) in [6.45, 7) is 5.67. The van der Waals surface area contributed by atoms with Crippen LogP contribution >= 0.6 is 11.8 Å². The third kappa shape index (κ3) is 8.22. The van der Waals surface area contributed by atoms with E-state index >= 15 is 0 Å². The minimum atomic E-state index is -0.848. The number of hydrogen-bond donors (Lipinski definition) is 3. The second-order valence-corrected chi connectivity index (χ2v) is 5.85. The summed E-state index contributed by atoms with van der Waals surface area (Å²) in [4.78, 5) is 22.3. The Morgan fingerprint density at radius 1 is 1.39 bits per heavy atom. The molecule has 0 aromatic carbocycles. The van der Waals surface area contributed by atoms with Gasteiger partial charge in [-0.15, -0.1) is 0 Å². The summed E-state index contributed by atoms with van der Waals surface area (Å²) in [6.07, 6.45) is 3.34. The van der Waals surface area contributed by atoms with Gasteiger partial charge in [-0.25, -0.2) is 4.79 Å². The second kappa shape index (κ2) is 8.24. The van der Waals surface area contributed by atoms with E-state index in [1.807, 2.05) is 27.0 Å². The van der Waals surface area contributed by atoms with Crippen molar-refractivity contribution >= 4 is 23.8 Å².